The number of carbonyl (C=O) groups excluding carboxylic acids is 2. The average Bonchev–Trinajstić information content (AvgIpc) is 3.00. The lowest BCUT2D eigenvalue weighted by atomic mass is 9.93. The van der Waals surface area contributed by atoms with Crippen molar-refractivity contribution in [2.75, 3.05) is 4.90 Å². The van der Waals surface area contributed by atoms with Crippen LogP contribution in [0.5, 0.6) is 0 Å². The molecule has 0 saturated heterocycles. The van der Waals surface area contributed by atoms with Crippen LogP contribution in [0, 0.1) is 5.92 Å². The molecule has 7 heteroatoms. The van der Waals surface area contributed by atoms with Gasteiger partial charge in [0.05, 0.1) is 5.92 Å². The van der Waals surface area contributed by atoms with E-state index in [1.54, 1.807) is 26.8 Å². The van der Waals surface area contributed by atoms with E-state index in [1.165, 1.54) is 4.90 Å². The molecule has 1 amide bonds. The quantitative estimate of drug-likeness (QED) is 0.789. The number of hydrogen-bond donors (Lipinski definition) is 0. The summed E-state index contributed by atoms with van der Waals surface area (Å²) >= 11 is 6.05. The van der Waals surface area contributed by atoms with Crippen LogP contribution in [-0.2, 0) is 19.7 Å². The maximum absolute atomic E-state index is 12.4. The molecule has 126 valence electrons. The number of amides is 1. The van der Waals surface area contributed by atoms with E-state index in [0.717, 1.165) is 0 Å². The minimum Gasteiger partial charge on any atom is -0.437 e. The van der Waals surface area contributed by atoms with E-state index in [1.807, 2.05) is 20.8 Å². The Bertz CT molecular complexity index is 670. The zero-order valence-electron chi connectivity index (χ0n) is 14.1. The molecular weight excluding hydrogens is 320 g/mol. The fraction of sp³-hybridized carbons (Fsp3) is 0.562. The molecule has 0 radical (unpaired) electrons. The van der Waals surface area contributed by atoms with Gasteiger partial charge in [0.1, 0.15) is 10.8 Å². The standard InChI is InChI=1S/C16H21ClN2O4/c1-8(2)15(21)22-14-9(3)12(17)13(20)19(14)11-7-10(23-18-11)16(4,5)6/h7-8,14H,1-6H3. The molecule has 0 saturated carbocycles. The second-order valence-corrected chi connectivity index (χ2v) is 7.29. The molecule has 23 heavy (non-hydrogen) atoms. The van der Waals surface area contributed by atoms with Gasteiger partial charge in [-0.15, -0.1) is 0 Å². The molecule has 1 aliphatic rings. The number of carbonyl (C=O) groups is 2. The molecule has 6 nitrogen and oxygen atoms in total. The number of anilines is 1. The summed E-state index contributed by atoms with van der Waals surface area (Å²) < 4.78 is 10.7. The zero-order chi connectivity index (χ0) is 17.5. The molecule has 1 aromatic rings. The van der Waals surface area contributed by atoms with E-state index in [-0.39, 0.29) is 22.2 Å². The molecule has 1 aromatic heterocycles. The third-order valence-corrected chi connectivity index (χ3v) is 4.00. The van der Waals surface area contributed by atoms with Crippen molar-refractivity contribution in [3.8, 4) is 0 Å². The van der Waals surface area contributed by atoms with Crippen LogP contribution in [-0.4, -0.2) is 23.3 Å². The van der Waals surface area contributed by atoms with E-state index < -0.39 is 18.1 Å². The monoisotopic (exact) mass is 340 g/mol. The first kappa shape index (κ1) is 17.5. The summed E-state index contributed by atoms with van der Waals surface area (Å²) in [5.41, 5.74) is 0.218. The number of nitrogens with zero attached hydrogens (tertiary/aromatic N) is 2. The molecule has 2 heterocycles. The second-order valence-electron chi connectivity index (χ2n) is 6.92. The number of ether oxygens (including phenoxy) is 1. The molecule has 0 spiro atoms. The highest BCUT2D eigenvalue weighted by Crippen LogP contribution is 2.35. The third kappa shape index (κ3) is 3.27. The van der Waals surface area contributed by atoms with E-state index in [0.29, 0.717) is 11.3 Å². The molecule has 0 aromatic carbocycles. The predicted molar refractivity (Wildman–Crippen MR) is 86.0 cm³/mol. The van der Waals surface area contributed by atoms with Gasteiger partial charge in [-0.2, -0.15) is 0 Å². The fourth-order valence-corrected chi connectivity index (χ4v) is 2.21. The van der Waals surface area contributed by atoms with Gasteiger partial charge in [0.25, 0.3) is 5.91 Å². The molecule has 1 unspecified atom stereocenters. The van der Waals surface area contributed by atoms with Crippen LogP contribution >= 0.6 is 11.6 Å². The van der Waals surface area contributed by atoms with Crippen LogP contribution < -0.4 is 4.90 Å². The van der Waals surface area contributed by atoms with Crippen molar-refractivity contribution in [2.24, 2.45) is 5.92 Å². The summed E-state index contributed by atoms with van der Waals surface area (Å²) in [7, 11) is 0. The number of rotatable bonds is 3. The van der Waals surface area contributed by atoms with Gasteiger partial charge in [0, 0.05) is 17.1 Å². The molecule has 2 rings (SSSR count). The van der Waals surface area contributed by atoms with E-state index in [2.05, 4.69) is 5.16 Å². The highest BCUT2D eigenvalue weighted by molar-refractivity contribution is 6.45. The van der Waals surface area contributed by atoms with Crippen LogP contribution in [0.4, 0.5) is 5.82 Å². The maximum Gasteiger partial charge on any atom is 0.310 e. The first-order valence-corrected chi connectivity index (χ1v) is 7.79. The van der Waals surface area contributed by atoms with Crippen LogP contribution in [0.3, 0.4) is 0 Å². The van der Waals surface area contributed by atoms with Crippen molar-refractivity contribution in [3.63, 3.8) is 0 Å². The largest absolute Gasteiger partial charge is 0.437 e. The molecule has 0 N–H and O–H groups in total. The summed E-state index contributed by atoms with van der Waals surface area (Å²) in [4.78, 5) is 25.6. The van der Waals surface area contributed by atoms with Crippen LogP contribution in [0.1, 0.15) is 47.3 Å². The van der Waals surface area contributed by atoms with Crippen molar-refractivity contribution in [1.29, 1.82) is 0 Å². The SMILES string of the molecule is CC1=C(Cl)C(=O)N(c2cc(C(C)(C)C)on2)C1OC(=O)C(C)C. The van der Waals surface area contributed by atoms with Gasteiger partial charge in [-0.05, 0) is 6.92 Å². The lowest BCUT2D eigenvalue weighted by molar-refractivity contribution is -0.151. The van der Waals surface area contributed by atoms with Crippen molar-refractivity contribution >= 4 is 29.3 Å². The Morgan fingerprint density at radius 1 is 1.43 bits per heavy atom. The topological polar surface area (TPSA) is 72.6 Å². The van der Waals surface area contributed by atoms with E-state index in [4.69, 9.17) is 20.9 Å². The summed E-state index contributed by atoms with van der Waals surface area (Å²) in [5, 5.41) is 3.97. The Hall–Kier alpha value is -1.82. The molecule has 0 fully saturated rings. The van der Waals surface area contributed by atoms with Gasteiger partial charge in [0.2, 0.25) is 6.23 Å². The first-order chi connectivity index (χ1) is 10.5. The van der Waals surface area contributed by atoms with Gasteiger partial charge >= 0.3 is 5.97 Å². The summed E-state index contributed by atoms with van der Waals surface area (Å²) in [6.45, 7) is 11.0. The lowest BCUT2D eigenvalue weighted by Gasteiger charge is -2.24. The van der Waals surface area contributed by atoms with Crippen molar-refractivity contribution in [2.45, 2.75) is 53.2 Å². The Morgan fingerprint density at radius 3 is 2.52 bits per heavy atom. The Balaban J connectivity index is 2.37. The Kier molecular flexibility index (Phi) is 4.57. The summed E-state index contributed by atoms with van der Waals surface area (Å²) in [6, 6.07) is 1.66. The fourth-order valence-electron chi connectivity index (χ4n) is 2.03. The molecule has 1 atom stereocenters. The number of aromatic nitrogens is 1. The second kappa shape index (κ2) is 6.00. The van der Waals surface area contributed by atoms with Gasteiger partial charge in [-0.25, -0.2) is 4.90 Å². The number of esters is 1. The summed E-state index contributed by atoms with van der Waals surface area (Å²) in [6.07, 6.45) is -0.900. The third-order valence-electron chi connectivity index (χ3n) is 3.54. The highest BCUT2D eigenvalue weighted by Gasteiger charge is 2.42. The van der Waals surface area contributed by atoms with Gasteiger partial charge in [-0.1, -0.05) is 51.4 Å². The van der Waals surface area contributed by atoms with Crippen LogP contribution in [0.15, 0.2) is 21.2 Å². The molecule has 0 aliphatic carbocycles. The number of hydrogen-bond acceptors (Lipinski definition) is 5. The lowest BCUT2D eigenvalue weighted by Crippen LogP contribution is -2.39. The Morgan fingerprint density at radius 2 is 2.04 bits per heavy atom. The predicted octanol–water partition coefficient (Wildman–Crippen LogP) is 3.36. The minimum absolute atomic E-state index is 0.0341. The highest BCUT2D eigenvalue weighted by atomic mass is 35.5. The smallest absolute Gasteiger partial charge is 0.310 e. The molecule has 1 aliphatic heterocycles. The normalized spacial score (nSPS) is 19.0. The van der Waals surface area contributed by atoms with Crippen LogP contribution in [0.2, 0.25) is 0 Å². The van der Waals surface area contributed by atoms with Crippen LogP contribution in [0.25, 0.3) is 0 Å². The average molecular weight is 341 g/mol. The van der Waals surface area contributed by atoms with Crippen molar-refractivity contribution in [3.05, 3.63) is 22.4 Å². The summed E-state index contributed by atoms with van der Waals surface area (Å²) in [5.74, 6) is -0.300. The van der Waals surface area contributed by atoms with E-state index >= 15 is 0 Å². The maximum atomic E-state index is 12.4. The molecular formula is C16H21ClN2O4. The Labute approximate surface area is 140 Å². The van der Waals surface area contributed by atoms with Gasteiger partial charge in [0.15, 0.2) is 5.82 Å². The van der Waals surface area contributed by atoms with Crippen molar-refractivity contribution in [1.82, 2.24) is 5.16 Å². The zero-order valence-corrected chi connectivity index (χ0v) is 14.9. The van der Waals surface area contributed by atoms with Crippen molar-refractivity contribution < 1.29 is 18.8 Å². The van der Waals surface area contributed by atoms with Gasteiger partial charge < -0.3 is 9.26 Å². The number of halogens is 1. The minimum atomic E-state index is -0.900. The van der Waals surface area contributed by atoms with E-state index in [9.17, 15) is 9.59 Å². The molecule has 0 bridgehead atoms. The van der Waals surface area contributed by atoms with Gasteiger partial charge in [-0.3, -0.25) is 9.59 Å². The first-order valence-electron chi connectivity index (χ1n) is 7.41.